The van der Waals surface area contributed by atoms with Gasteiger partial charge in [-0.15, -0.1) is 15.3 Å². The first-order valence-corrected chi connectivity index (χ1v) is 14.1. The third kappa shape index (κ3) is 6.61. The van der Waals surface area contributed by atoms with Crippen molar-refractivity contribution < 1.29 is 9.59 Å². The Morgan fingerprint density at radius 1 is 1.09 bits per heavy atom. The molecule has 4 atom stereocenters. The van der Waals surface area contributed by atoms with E-state index in [2.05, 4.69) is 72.9 Å². The van der Waals surface area contributed by atoms with E-state index in [0.717, 1.165) is 5.70 Å². The van der Waals surface area contributed by atoms with Gasteiger partial charge >= 0.3 is 0 Å². The molecule has 44 heavy (non-hydrogen) atoms. The SMILES string of the molecule is NN=NC1=C(Cl)N=C(C(=O)NC2NC3(CCN(C(=O)CCCC4NC5=C(N4)C(N=NN)NC=N5)CC3)CN2N)C(N=NN)N1. The van der Waals surface area contributed by atoms with Crippen LogP contribution in [-0.2, 0) is 9.59 Å². The number of halogens is 1. The van der Waals surface area contributed by atoms with E-state index < -0.39 is 30.1 Å². The van der Waals surface area contributed by atoms with Crippen LogP contribution in [0.4, 0.5) is 0 Å². The zero-order valence-electron chi connectivity index (χ0n) is 23.5. The fraction of sp³-hybridized carbons (Fsp3) is 0.619. The maximum absolute atomic E-state index is 13.1. The lowest BCUT2D eigenvalue weighted by Gasteiger charge is -2.39. The highest BCUT2D eigenvalue weighted by Crippen LogP contribution is 2.29. The molecule has 2 amide bonds. The summed E-state index contributed by atoms with van der Waals surface area (Å²) in [5.41, 5.74) is 0.259. The summed E-state index contributed by atoms with van der Waals surface area (Å²) in [6, 6.07) is 0. The minimum Gasteiger partial charge on any atom is -0.362 e. The number of carbonyl (C=O) groups is 2. The third-order valence-corrected chi connectivity index (χ3v) is 8.04. The highest BCUT2D eigenvalue weighted by Gasteiger charge is 2.46. The van der Waals surface area contributed by atoms with Crippen LogP contribution in [0.15, 0.2) is 63.5 Å². The molecule has 5 heterocycles. The molecule has 5 aliphatic rings. The quantitative estimate of drug-likeness (QED) is 0.0527. The van der Waals surface area contributed by atoms with Gasteiger partial charge in [0.25, 0.3) is 5.91 Å². The minimum atomic E-state index is -1.08. The van der Waals surface area contributed by atoms with E-state index in [1.54, 1.807) is 0 Å². The highest BCUT2D eigenvalue weighted by atomic mass is 35.5. The van der Waals surface area contributed by atoms with Gasteiger partial charge in [-0.3, -0.25) is 20.7 Å². The van der Waals surface area contributed by atoms with Crippen molar-refractivity contribution in [2.24, 2.45) is 64.4 Å². The van der Waals surface area contributed by atoms with Gasteiger partial charge in [0.05, 0.1) is 12.5 Å². The van der Waals surface area contributed by atoms with Crippen molar-refractivity contribution in [2.75, 3.05) is 19.6 Å². The van der Waals surface area contributed by atoms with Crippen molar-refractivity contribution in [3.05, 3.63) is 22.5 Å². The molecule has 0 aromatic carbocycles. The van der Waals surface area contributed by atoms with Crippen LogP contribution in [-0.4, -0.2) is 83.7 Å². The van der Waals surface area contributed by atoms with Gasteiger partial charge in [0.1, 0.15) is 12.0 Å². The molecule has 0 radical (unpaired) electrons. The van der Waals surface area contributed by atoms with Crippen LogP contribution >= 0.6 is 11.6 Å². The van der Waals surface area contributed by atoms with Gasteiger partial charge in [-0.2, -0.15) is 0 Å². The molecule has 5 rings (SSSR count). The number of aliphatic imine (C=N–C) groups is 2. The largest absolute Gasteiger partial charge is 0.362 e. The summed E-state index contributed by atoms with van der Waals surface area (Å²) < 4.78 is 0. The lowest BCUT2D eigenvalue weighted by molar-refractivity contribution is -0.133. The Morgan fingerprint density at radius 2 is 1.84 bits per heavy atom. The van der Waals surface area contributed by atoms with E-state index in [1.807, 2.05) is 4.90 Å². The number of hydrogen-bond acceptors (Lipinski definition) is 17. The van der Waals surface area contributed by atoms with Crippen LogP contribution in [0.1, 0.15) is 32.1 Å². The average molecular weight is 635 g/mol. The molecule has 0 aromatic heterocycles. The van der Waals surface area contributed by atoms with Gasteiger partial charge in [0, 0.05) is 31.6 Å². The second kappa shape index (κ2) is 13.3. The normalized spacial score (nSPS) is 28.3. The van der Waals surface area contributed by atoms with Crippen molar-refractivity contribution in [3.8, 4) is 0 Å². The van der Waals surface area contributed by atoms with E-state index in [-0.39, 0.29) is 28.8 Å². The molecule has 14 N–H and O–H groups in total. The summed E-state index contributed by atoms with van der Waals surface area (Å²) in [6.45, 7) is 1.56. The number of nitrogens with two attached hydrogens (primary N) is 4. The van der Waals surface area contributed by atoms with Gasteiger partial charge in [-0.05, 0) is 25.7 Å². The Balaban J connectivity index is 1.08. The molecular formula is C21H35ClN20O2. The van der Waals surface area contributed by atoms with Gasteiger partial charge in [0.15, 0.2) is 34.8 Å². The number of nitrogens with one attached hydrogen (secondary N) is 6. The molecule has 2 saturated heterocycles. The molecule has 238 valence electrons. The van der Waals surface area contributed by atoms with Gasteiger partial charge in [-0.25, -0.2) is 15.0 Å². The van der Waals surface area contributed by atoms with Crippen molar-refractivity contribution in [3.63, 3.8) is 0 Å². The first kappa shape index (κ1) is 30.8. The predicted octanol–water partition coefficient (Wildman–Crippen LogP) is -2.94. The number of amides is 2. The van der Waals surface area contributed by atoms with Gasteiger partial charge < -0.3 is 49.0 Å². The maximum atomic E-state index is 13.1. The lowest BCUT2D eigenvalue weighted by Crippen LogP contribution is -2.59. The third-order valence-electron chi connectivity index (χ3n) is 7.78. The summed E-state index contributed by atoms with van der Waals surface area (Å²) in [7, 11) is 0. The first-order valence-electron chi connectivity index (χ1n) is 13.8. The van der Waals surface area contributed by atoms with E-state index in [4.69, 9.17) is 35.0 Å². The Bertz CT molecular complexity index is 1330. The second-order valence-corrected chi connectivity index (χ2v) is 10.9. The summed E-state index contributed by atoms with van der Waals surface area (Å²) in [4.78, 5) is 36.3. The Morgan fingerprint density at radius 3 is 2.57 bits per heavy atom. The summed E-state index contributed by atoms with van der Waals surface area (Å²) in [5.74, 6) is 21.9. The van der Waals surface area contributed by atoms with E-state index in [0.29, 0.717) is 57.6 Å². The minimum absolute atomic E-state index is 0.00197. The maximum Gasteiger partial charge on any atom is 0.272 e. The van der Waals surface area contributed by atoms with E-state index >= 15 is 0 Å². The Hall–Kier alpha value is -4.67. The zero-order valence-corrected chi connectivity index (χ0v) is 24.3. The van der Waals surface area contributed by atoms with Gasteiger partial charge in [-0.1, -0.05) is 27.3 Å². The number of hydrazine groups is 1. The van der Waals surface area contributed by atoms with Crippen molar-refractivity contribution >= 4 is 35.5 Å². The molecule has 0 aromatic rings. The van der Waals surface area contributed by atoms with Crippen LogP contribution in [0.25, 0.3) is 0 Å². The summed E-state index contributed by atoms with van der Waals surface area (Å²) >= 11 is 6.10. The van der Waals surface area contributed by atoms with E-state index in [1.165, 1.54) is 11.3 Å². The van der Waals surface area contributed by atoms with Gasteiger partial charge in [0.2, 0.25) is 5.91 Å². The number of likely N-dealkylation sites (tertiary alicyclic amines) is 1. The van der Waals surface area contributed by atoms with Crippen molar-refractivity contribution in [1.82, 2.24) is 41.8 Å². The fourth-order valence-electron chi connectivity index (χ4n) is 5.62. The van der Waals surface area contributed by atoms with Crippen LogP contribution < -0.4 is 55.3 Å². The van der Waals surface area contributed by atoms with E-state index in [9.17, 15) is 9.59 Å². The number of nitrogens with zero attached hydrogens (tertiary/aromatic N) is 10. The standard InChI is InChI=1S/C21H35ClN20O2/c22-14-18(37-40-25)32-17(36-39-24)13(31-14)19(44)33-20-34-21(8-42(20)26)4-6-41(7-5-21)11(43)3-1-2-10-29-12-15(30-10)27-9-28-16(12)35-38-23/h9-10,16-17,20,29-30,32,34H,1-8,26H2,(H2,23,35)(H2,24,36)(H2,25,37)(H,27,28)(H,33,44). The molecule has 2 fully saturated rings. The number of carbonyl (C=O) groups excluding carboxylic acids is 2. The topological polar surface area (TPSA) is 316 Å². The van der Waals surface area contributed by atoms with Crippen molar-refractivity contribution in [1.29, 1.82) is 0 Å². The molecule has 1 spiro atoms. The number of hydrogen-bond donors (Lipinski definition) is 10. The number of piperidine rings is 1. The zero-order chi connectivity index (χ0) is 31.3. The Kier molecular flexibility index (Phi) is 9.32. The molecule has 0 saturated carbocycles. The smallest absolute Gasteiger partial charge is 0.272 e. The fourth-order valence-corrected chi connectivity index (χ4v) is 5.80. The monoisotopic (exact) mass is 634 g/mol. The average Bonchev–Trinajstić information content (AvgIpc) is 3.55. The summed E-state index contributed by atoms with van der Waals surface area (Å²) in [5, 5.41) is 40.9. The van der Waals surface area contributed by atoms with Crippen LogP contribution in [0.2, 0.25) is 0 Å². The molecule has 0 bridgehead atoms. The Labute approximate surface area is 255 Å². The molecule has 5 aliphatic heterocycles. The molecule has 0 aliphatic carbocycles. The molecule has 23 heteroatoms. The van der Waals surface area contributed by atoms with Crippen LogP contribution in [0.3, 0.4) is 0 Å². The lowest BCUT2D eigenvalue weighted by atomic mass is 9.88. The molecule has 22 nitrogen and oxygen atoms in total. The van der Waals surface area contributed by atoms with Crippen molar-refractivity contribution in [2.45, 2.75) is 62.4 Å². The molecule has 4 unspecified atom stereocenters. The molecular weight excluding hydrogens is 600 g/mol. The van der Waals surface area contributed by atoms with Crippen LogP contribution in [0, 0.1) is 0 Å². The predicted molar refractivity (Wildman–Crippen MR) is 155 cm³/mol. The highest BCUT2D eigenvalue weighted by molar-refractivity contribution is 6.43. The summed E-state index contributed by atoms with van der Waals surface area (Å²) in [6.07, 6.45) is 2.33. The van der Waals surface area contributed by atoms with Crippen LogP contribution in [0.5, 0.6) is 0 Å². The second-order valence-electron chi connectivity index (χ2n) is 10.5. The first-order chi connectivity index (χ1) is 21.3. The number of rotatable bonds is 9.